The molecule has 4 aromatic rings. The van der Waals surface area contributed by atoms with Gasteiger partial charge in [-0.05, 0) is 95.9 Å². The van der Waals surface area contributed by atoms with Gasteiger partial charge in [-0.2, -0.15) is 0 Å². The van der Waals surface area contributed by atoms with Gasteiger partial charge in [0.2, 0.25) is 0 Å². The number of rotatable bonds is 13. The smallest absolute Gasteiger partial charge is 0.343 e. The van der Waals surface area contributed by atoms with Crippen molar-refractivity contribution in [2.24, 2.45) is 4.99 Å². The first-order valence-electron chi connectivity index (χ1n) is 15.4. The number of fused-ring (bicyclic) bond motifs is 1. The third-order valence-electron chi connectivity index (χ3n) is 7.52. The fourth-order valence-corrected chi connectivity index (χ4v) is 6.72. The van der Waals surface area contributed by atoms with Gasteiger partial charge in [0.05, 0.1) is 52.2 Å². The van der Waals surface area contributed by atoms with Crippen molar-refractivity contribution in [2.45, 2.75) is 33.4 Å². The number of carbonyl (C=O) groups excluding carboxylic acids is 2. The van der Waals surface area contributed by atoms with Crippen molar-refractivity contribution in [3.8, 4) is 17.2 Å². The third kappa shape index (κ3) is 7.98. The van der Waals surface area contributed by atoms with Crippen LogP contribution < -0.4 is 29.1 Å². The van der Waals surface area contributed by atoms with E-state index in [2.05, 4.69) is 25.7 Å². The molecule has 0 bridgehead atoms. The minimum Gasteiger partial charge on any atom is -0.490 e. The highest BCUT2D eigenvalue weighted by molar-refractivity contribution is 9.10. The molecule has 1 atom stereocenters. The predicted molar refractivity (Wildman–Crippen MR) is 187 cm³/mol. The predicted octanol–water partition coefficient (Wildman–Crippen LogP) is 4.79. The molecule has 1 aliphatic heterocycles. The number of hydrogen-bond donors (Lipinski definition) is 1. The number of carboxylic acid groups (broad SMARTS) is 1. The second-order valence-corrected chi connectivity index (χ2v) is 12.7. The van der Waals surface area contributed by atoms with Crippen molar-refractivity contribution in [3.05, 3.63) is 118 Å². The van der Waals surface area contributed by atoms with Gasteiger partial charge in [-0.1, -0.05) is 35.6 Å². The Kier molecular flexibility index (Phi) is 11.5. The van der Waals surface area contributed by atoms with E-state index in [1.165, 1.54) is 35.1 Å². The fourth-order valence-electron chi connectivity index (χ4n) is 5.16. The number of hydrogen-bond acceptors (Lipinski definition) is 11. The summed E-state index contributed by atoms with van der Waals surface area (Å²) >= 11 is 4.73. The van der Waals surface area contributed by atoms with Crippen molar-refractivity contribution in [1.29, 1.82) is 0 Å². The van der Waals surface area contributed by atoms with E-state index in [0.717, 1.165) is 5.56 Å². The van der Waals surface area contributed by atoms with Gasteiger partial charge in [0, 0.05) is 0 Å². The van der Waals surface area contributed by atoms with Crippen molar-refractivity contribution in [3.63, 3.8) is 0 Å². The van der Waals surface area contributed by atoms with Gasteiger partial charge in [-0.3, -0.25) is 9.36 Å². The van der Waals surface area contributed by atoms with E-state index in [1.54, 1.807) is 69.3 Å². The van der Waals surface area contributed by atoms with E-state index >= 15 is 0 Å². The number of benzene rings is 3. The molecule has 1 aromatic heterocycles. The van der Waals surface area contributed by atoms with Crippen molar-refractivity contribution in [2.75, 3.05) is 26.9 Å². The lowest BCUT2D eigenvalue weighted by atomic mass is 9.95. The van der Waals surface area contributed by atoms with Gasteiger partial charge in [0.25, 0.3) is 5.56 Å². The molecular weight excluding hydrogens is 732 g/mol. The van der Waals surface area contributed by atoms with Gasteiger partial charge in [0.1, 0.15) is 12.4 Å². The number of aromatic nitrogens is 1. The van der Waals surface area contributed by atoms with Gasteiger partial charge in [-0.25, -0.2) is 19.4 Å². The Morgan fingerprint density at radius 3 is 2.36 bits per heavy atom. The number of aromatic carboxylic acids is 1. The normalized spacial score (nSPS) is 14.0. The third-order valence-corrected chi connectivity index (χ3v) is 9.13. The summed E-state index contributed by atoms with van der Waals surface area (Å²) in [6.07, 6.45) is 1.73. The average Bonchev–Trinajstić information content (AvgIpc) is 3.40. The maximum atomic E-state index is 14.1. The fraction of sp³-hybridized carbons (Fsp3) is 0.250. The summed E-state index contributed by atoms with van der Waals surface area (Å²) in [5.74, 6) is -0.994. The zero-order valence-electron chi connectivity index (χ0n) is 27.6. The standard InChI is InChI=1S/C36H33BrN2O10S/c1-5-46-28-17-24(12-14-27(28)49-19-30(40)45-4)32-31(35(44)47-6-2)20(3)38-36-39(32)33(41)29(50-36)16-22-9-13-26(25(37)15-22)48-18-21-7-10-23(11-8-21)34(42)43/h7-17,32H,5-6,18-19H2,1-4H3,(H,42,43)/b29-16-/t32-/m1/s1. The summed E-state index contributed by atoms with van der Waals surface area (Å²) < 4.78 is 30.0. The van der Waals surface area contributed by atoms with Gasteiger partial charge >= 0.3 is 17.9 Å². The van der Waals surface area contributed by atoms with Crippen LogP contribution in [0.15, 0.2) is 86.2 Å². The maximum Gasteiger partial charge on any atom is 0.343 e. The Bertz CT molecular complexity index is 2150. The average molecular weight is 766 g/mol. The second kappa shape index (κ2) is 16.0. The molecule has 12 nitrogen and oxygen atoms in total. The zero-order valence-corrected chi connectivity index (χ0v) is 30.0. The topological polar surface area (TPSA) is 152 Å². The lowest BCUT2D eigenvalue weighted by Crippen LogP contribution is -2.40. The van der Waals surface area contributed by atoms with Gasteiger partial charge in [-0.15, -0.1) is 0 Å². The molecule has 1 aliphatic rings. The molecule has 0 unspecified atom stereocenters. The number of thiazole rings is 1. The largest absolute Gasteiger partial charge is 0.490 e. The Morgan fingerprint density at radius 1 is 0.960 bits per heavy atom. The van der Waals surface area contributed by atoms with E-state index in [0.29, 0.717) is 54.5 Å². The Balaban J connectivity index is 1.51. The summed E-state index contributed by atoms with van der Waals surface area (Å²) in [5, 5.41) is 9.11. The van der Waals surface area contributed by atoms with Crippen LogP contribution in [-0.2, 0) is 25.7 Å². The monoisotopic (exact) mass is 764 g/mol. The summed E-state index contributed by atoms with van der Waals surface area (Å²) in [6.45, 7) is 5.51. The van der Waals surface area contributed by atoms with Crippen molar-refractivity contribution < 1.29 is 43.2 Å². The number of nitrogens with zero attached hydrogens (tertiary/aromatic N) is 2. The van der Waals surface area contributed by atoms with Crippen LogP contribution in [0.25, 0.3) is 6.08 Å². The van der Waals surface area contributed by atoms with E-state index < -0.39 is 23.9 Å². The van der Waals surface area contributed by atoms with Gasteiger partial charge in [0.15, 0.2) is 22.9 Å². The van der Waals surface area contributed by atoms with Gasteiger partial charge < -0.3 is 28.8 Å². The molecular formula is C36H33BrN2O10S. The number of ether oxygens (including phenoxy) is 5. The molecule has 1 N–H and O–H groups in total. The molecule has 2 heterocycles. The molecule has 0 amide bonds. The number of methoxy groups -OCH3 is 1. The highest BCUT2D eigenvalue weighted by atomic mass is 79.9. The Hall–Kier alpha value is -5.21. The number of allylic oxidation sites excluding steroid dienone is 1. The number of carboxylic acids is 1. The first-order chi connectivity index (χ1) is 24.0. The molecule has 0 saturated carbocycles. The highest BCUT2D eigenvalue weighted by Gasteiger charge is 2.34. The molecule has 14 heteroatoms. The van der Waals surface area contributed by atoms with Crippen LogP contribution in [0.5, 0.6) is 17.2 Å². The Morgan fingerprint density at radius 2 is 1.70 bits per heavy atom. The lowest BCUT2D eigenvalue weighted by molar-refractivity contribution is -0.143. The molecule has 0 spiro atoms. The molecule has 0 aliphatic carbocycles. The van der Waals surface area contributed by atoms with Crippen LogP contribution in [0.2, 0.25) is 0 Å². The van der Waals surface area contributed by atoms with Crippen molar-refractivity contribution >= 4 is 51.3 Å². The minimum absolute atomic E-state index is 0.128. The number of carbonyl (C=O) groups is 3. The van der Waals surface area contributed by atoms with E-state index in [9.17, 15) is 19.2 Å². The van der Waals surface area contributed by atoms with Crippen LogP contribution in [0.1, 0.15) is 53.9 Å². The highest BCUT2D eigenvalue weighted by Crippen LogP contribution is 2.36. The summed E-state index contributed by atoms with van der Waals surface area (Å²) in [4.78, 5) is 55.3. The summed E-state index contributed by atoms with van der Waals surface area (Å²) in [5.41, 5.74) is 2.51. The summed E-state index contributed by atoms with van der Waals surface area (Å²) in [7, 11) is 1.26. The van der Waals surface area contributed by atoms with Crippen molar-refractivity contribution in [1.82, 2.24) is 4.57 Å². The van der Waals surface area contributed by atoms with Crippen LogP contribution in [0.4, 0.5) is 0 Å². The van der Waals surface area contributed by atoms with E-state index in [-0.39, 0.29) is 36.5 Å². The van der Waals surface area contributed by atoms with Crippen LogP contribution in [-0.4, -0.2) is 54.5 Å². The molecule has 260 valence electrons. The maximum absolute atomic E-state index is 14.1. The van der Waals surface area contributed by atoms with E-state index in [4.69, 9.17) is 24.1 Å². The molecule has 0 fully saturated rings. The molecule has 3 aromatic carbocycles. The second-order valence-electron chi connectivity index (χ2n) is 10.8. The number of halogens is 1. The van der Waals surface area contributed by atoms with Crippen LogP contribution >= 0.6 is 27.3 Å². The summed E-state index contributed by atoms with van der Waals surface area (Å²) in [6, 6.07) is 15.9. The van der Waals surface area contributed by atoms with Crippen LogP contribution in [0.3, 0.4) is 0 Å². The minimum atomic E-state index is -0.998. The molecule has 50 heavy (non-hydrogen) atoms. The zero-order chi connectivity index (χ0) is 35.9. The first-order valence-corrected chi connectivity index (χ1v) is 17.1. The van der Waals surface area contributed by atoms with Crippen LogP contribution in [0, 0.1) is 0 Å². The SMILES string of the molecule is CCOC(=O)C1=C(C)N=c2s/c(=C\c3ccc(OCc4ccc(C(=O)O)cc4)c(Br)c3)c(=O)n2[C@@H]1c1ccc(OCC(=O)OC)c(OCC)c1. The quantitative estimate of drug-likeness (QED) is 0.188. The lowest BCUT2D eigenvalue weighted by Gasteiger charge is -2.25. The Labute approximate surface area is 299 Å². The molecule has 0 radical (unpaired) electrons. The molecule has 0 saturated heterocycles. The molecule has 5 rings (SSSR count). The number of esters is 2. The first kappa shape index (κ1) is 36.1. The van der Waals surface area contributed by atoms with E-state index in [1.807, 2.05) is 6.07 Å².